The summed E-state index contributed by atoms with van der Waals surface area (Å²) >= 11 is 0. The maximum atomic E-state index is 5.92. The van der Waals surface area contributed by atoms with E-state index in [0.29, 0.717) is 0 Å². The second-order valence-electron chi connectivity index (χ2n) is 5.52. The molecule has 0 bridgehead atoms. The monoisotopic (exact) mass is 300 g/mol. The van der Waals surface area contributed by atoms with Gasteiger partial charge in [-0.3, -0.25) is 0 Å². The van der Waals surface area contributed by atoms with Crippen molar-refractivity contribution in [2.45, 2.75) is 6.92 Å². The van der Waals surface area contributed by atoms with Gasteiger partial charge in [0, 0.05) is 23.0 Å². The van der Waals surface area contributed by atoms with Crippen LogP contribution in [0.3, 0.4) is 0 Å². The third-order valence-electron chi connectivity index (χ3n) is 3.94. The Morgan fingerprint density at radius 2 is 1.70 bits per heavy atom. The smallest absolute Gasteiger partial charge is 0.163 e. The van der Waals surface area contributed by atoms with Crippen molar-refractivity contribution in [3.05, 3.63) is 72.6 Å². The third-order valence-corrected chi connectivity index (χ3v) is 3.94. The Labute approximate surface area is 134 Å². The molecular weight excluding hydrogens is 284 g/mol. The molecule has 23 heavy (non-hydrogen) atoms. The van der Waals surface area contributed by atoms with Gasteiger partial charge in [0.1, 0.15) is 0 Å². The fourth-order valence-electron chi connectivity index (χ4n) is 2.91. The van der Waals surface area contributed by atoms with Crippen LogP contribution in [-0.2, 0) is 0 Å². The minimum Gasteiger partial charge on any atom is -0.399 e. The molecule has 4 heteroatoms. The fraction of sp³-hybridized carbons (Fsp3) is 0.0526. The van der Waals surface area contributed by atoms with Gasteiger partial charge < -0.3 is 5.73 Å². The molecule has 0 fully saturated rings. The van der Waals surface area contributed by atoms with Gasteiger partial charge in [-0.05, 0) is 30.7 Å². The second-order valence-corrected chi connectivity index (χ2v) is 5.52. The average molecular weight is 300 g/mol. The lowest BCUT2D eigenvalue weighted by molar-refractivity contribution is 0.925. The topological polar surface area (TPSA) is 56.2 Å². The highest BCUT2D eigenvalue weighted by Crippen LogP contribution is 2.30. The summed E-state index contributed by atoms with van der Waals surface area (Å²) in [5.41, 5.74) is 12.7. The van der Waals surface area contributed by atoms with Crippen molar-refractivity contribution in [1.82, 2.24) is 14.6 Å². The summed E-state index contributed by atoms with van der Waals surface area (Å²) in [6, 6.07) is 20.0. The van der Waals surface area contributed by atoms with E-state index in [4.69, 9.17) is 10.8 Å². The van der Waals surface area contributed by atoms with Crippen LogP contribution in [0.5, 0.6) is 0 Å². The predicted octanol–water partition coefficient (Wildman–Crippen LogP) is 3.95. The molecule has 2 aromatic heterocycles. The van der Waals surface area contributed by atoms with Gasteiger partial charge >= 0.3 is 0 Å². The molecule has 4 rings (SSSR count). The molecule has 0 unspecified atom stereocenters. The third kappa shape index (κ3) is 2.25. The van der Waals surface area contributed by atoms with Crippen LogP contribution in [0.15, 0.2) is 66.9 Å². The Kier molecular flexibility index (Phi) is 3.08. The Morgan fingerprint density at radius 1 is 0.913 bits per heavy atom. The van der Waals surface area contributed by atoms with E-state index in [2.05, 4.69) is 17.1 Å². The lowest BCUT2D eigenvalue weighted by atomic mass is 10.1. The minimum atomic E-state index is 0.736. The molecule has 0 aliphatic rings. The number of hydrogen-bond acceptors (Lipinski definition) is 3. The molecule has 4 nitrogen and oxygen atoms in total. The lowest BCUT2D eigenvalue weighted by Crippen LogP contribution is -1.96. The van der Waals surface area contributed by atoms with E-state index in [-0.39, 0.29) is 0 Å². The normalized spacial score (nSPS) is 11.0. The number of benzene rings is 2. The number of hydrogen-bond donors (Lipinski definition) is 1. The molecule has 0 aliphatic carbocycles. The molecule has 0 amide bonds. The van der Waals surface area contributed by atoms with Crippen molar-refractivity contribution >= 4 is 11.3 Å². The summed E-state index contributed by atoms with van der Waals surface area (Å²) in [6.07, 6.45) is 1.82. The van der Waals surface area contributed by atoms with Gasteiger partial charge in [0.05, 0.1) is 11.4 Å². The maximum Gasteiger partial charge on any atom is 0.163 e. The molecule has 0 radical (unpaired) electrons. The van der Waals surface area contributed by atoms with Gasteiger partial charge in [0.2, 0.25) is 0 Å². The Balaban J connectivity index is 2.00. The lowest BCUT2D eigenvalue weighted by Gasteiger charge is -2.06. The summed E-state index contributed by atoms with van der Waals surface area (Å²) in [6.45, 7) is 2.01. The average Bonchev–Trinajstić information content (AvgIpc) is 2.91. The molecule has 2 aromatic carbocycles. The quantitative estimate of drug-likeness (QED) is 0.570. The number of nitrogens with two attached hydrogens (primary N) is 1. The van der Waals surface area contributed by atoms with Crippen LogP contribution in [0.25, 0.3) is 28.0 Å². The summed E-state index contributed by atoms with van der Waals surface area (Å²) < 4.78 is 1.90. The van der Waals surface area contributed by atoms with E-state index >= 15 is 0 Å². The molecule has 0 spiro atoms. The first-order valence-electron chi connectivity index (χ1n) is 7.50. The minimum absolute atomic E-state index is 0.736. The summed E-state index contributed by atoms with van der Waals surface area (Å²) in [4.78, 5) is 4.56. The van der Waals surface area contributed by atoms with Gasteiger partial charge in [0.25, 0.3) is 0 Å². The van der Waals surface area contributed by atoms with Crippen LogP contribution >= 0.6 is 0 Å². The van der Waals surface area contributed by atoms with Crippen LogP contribution in [-0.4, -0.2) is 14.6 Å². The number of aryl methyl sites for hydroxylation is 1. The number of fused-ring (bicyclic) bond motifs is 1. The number of aromatic nitrogens is 3. The van der Waals surface area contributed by atoms with E-state index in [1.807, 2.05) is 66.2 Å². The van der Waals surface area contributed by atoms with Crippen molar-refractivity contribution < 1.29 is 0 Å². The van der Waals surface area contributed by atoms with Crippen LogP contribution < -0.4 is 5.73 Å². The van der Waals surface area contributed by atoms with E-state index in [1.54, 1.807) is 0 Å². The highest BCUT2D eigenvalue weighted by atomic mass is 15.3. The molecule has 0 saturated heterocycles. The van der Waals surface area contributed by atoms with Crippen LogP contribution in [0, 0.1) is 6.92 Å². The second kappa shape index (κ2) is 5.25. The van der Waals surface area contributed by atoms with E-state index < -0.39 is 0 Å². The zero-order chi connectivity index (χ0) is 15.8. The summed E-state index contributed by atoms with van der Waals surface area (Å²) in [7, 11) is 0. The Hall–Kier alpha value is -3.14. The highest BCUT2D eigenvalue weighted by molar-refractivity contribution is 5.81. The van der Waals surface area contributed by atoms with Crippen molar-refractivity contribution in [1.29, 1.82) is 0 Å². The van der Waals surface area contributed by atoms with E-state index in [1.165, 1.54) is 0 Å². The molecule has 0 aliphatic heterocycles. The number of nitrogen functional groups attached to an aromatic ring is 1. The zero-order valence-corrected chi connectivity index (χ0v) is 12.8. The van der Waals surface area contributed by atoms with E-state index in [9.17, 15) is 0 Å². The van der Waals surface area contributed by atoms with Gasteiger partial charge in [0.15, 0.2) is 5.65 Å². The van der Waals surface area contributed by atoms with Gasteiger partial charge in [-0.1, -0.05) is 42.5 Å². The van der Waals surface area contributed by atoms with Crippen molar-refractivity contribution in [3.8, 4) is 22.4 Å². The van der Waals surface area contributed by atoms with Gasteiger partial charge in [-0.15, -0.1) is 0 Å². The van der Waals surface area contributed by atoms with Crippen molar-refractivity contribution in [2.75, 3.05) is 5.73 Å². The maximum absolute atomic E-state index is 5.92. The number of rotatable bonds is 2. The first-order valence-corrected chi connectivity index (χ1v) is 7.50. The number of anilines is 1. The Bertz CT molecular complexity index is 987. The molecule has 2 heterocycles. The van der Waals surface area contributed by atoms with Gasteiger partial charge in [-0.2, -0.15) is 5.10 Å². The SMILES string of the molecule is Cc1nn2c(-c3cccc(N)c3)ccnc2c1-c1ccccc1. The number of nitrogens with zero attached hydrogens (tertiary/aromatic N) is 3. The summed E-state index contributed by atoms with van der Waals surface area (Å²) in [5, 5.41) is 4.71. The van der Waals surface area contributed by atoms with Gasteiger partial charge in [-0.25, -0.2) is 9.50 Å². The molecule has 0 atom stereocenters. The Morgan fingerprint density at radius 3 is 2.48 bits per heavy atom. The summed E-state index contributed by atoms with van der Waals surface area (Å²) in [5.74, 6) is 0. The fourth-order valence-corrected chi connectivity index (χ4v) is 2.91. The first kappa shape index (κ1) is 13.5. The molecule has 0 saturated carbocycles. The predicted molar refractivity (Wildman–Crippen MR) is 93.0 cm³/mol. The van der Waals surface area contributed by atoms with E-state index in [0.717, 1.165) is 39.4 Å². The molecule has 4 aromatic rings. The molecule has 2 N–H and O–H groups in total. The molecule has 112 valence electrons. The van der Waals surface area contributed by atoms with Crippen LogP contribution in [0.1, 0.15) is 5.69 Å². The van der Waals surface area contributed by atoms with Crippen LogP contribution in [0.4, 0.5) is 5.69 Å². The largest absolute Gasteiger partial charge is 0.399 e. The van der Waals surface area contributed by atoms with Crippen molar-refractivity contribution in [3.63, 3.8) is 0 Å². The van der Waals surface area contributed by atoms with Crippen LogP contribution in [0.2, 0.25) is 0 Å². The highest BCUT2D eigenvalue weighted by Gasteiger charge is 2.15. The zero-order valence-electron chi connectivity index (χ0n) is 12.8. The standard InChI is InChI=1S/C19H16N4/c1-13-18(14-6-3-2-4-7-14)19-21-11-10-17(23(19)22-13)15-8-5-9-16(20)12-15/h2-12H,20H2,1H3. The first-order chi connectivity index (χ1) is 11.2. The molecular formula is C19H16N4. The van der Waals surface area contributed by atoms with Crippen molar-refractivity contribution in [2.24, 2.45) is 0 Å².